The minimum Gasteiger partial charge on any atom is -0.316 e. The third-order valence-corrected chi connectivity index (χ3v) is 1.77. The molecule has 0 aromatic heterocycles. The number of carbonyl (C=O) groups excluding carboxylic acids is 1. The molecular formula is C9H9ClFNO. The third kappa shape index (κ3) is 2.18. The lowest BCUT2D eigenvalue weighted by Crippen LogP contribution is -2.22. The molecule has 70 valence electrons. The van der Waals surface area contributed by atoms with Crippen molar-refractivity contribution in [2.45, 2.75) is 6.92 Å². The van der Waals surface area contributed by atoms with E-state index in [-0.39, 0.29) is 10.7 Å². The van der Waals surface area contributed by atoms with Crippen molar-refractivity contribution < 1.29 is 13.3 Å². The van der Waals surface area contributed by atoms with Gasteiger partial charge in [-0.2, -0.15) is 0 Å². The molecule has 0 spiro atoms. The third-order valence-electron chi connectivity index (χ3n) is 1.48. The van der Waals surface area contributed by atoms with Crippen LogP contribution >= 0.6 is 11.6 Å². The molecule has 0 fully saturated rings. The maximum Gasteiger partial charge on any atom is 0.223 e. The molecule has 0 saturated carbocycles. The fraction of sp³-hybridized carbons (Fsp3) is 0.222. The first-order valence-electron chi connectivity index (χ1n) is 4.99. The number of rotatable bonds is 1. The van der Waals surface area contributed by atoms with Crippen LogP contribution in [0.5, 0.6) is 0 Å². The van der Waals surface area contributed by atoms with Crippen molar-refractivity contribution in [3.05, 3.63) is 29.0 Å². The van der Waals surface area contributed by atoms with E-state index in [0.717, 1.165) is 19.1 Å². The van der Waals surface area contributed by atoms with E-state index in [9.17, 15) is 9.18 Å². The smallest absolute Gasteiger partial charge is 0.223 e. The van der Waals surface area contributed by atoms with Gasteiger partial charge in [-0.05, 0) is 18.2 Å². The first-order valence-corrected chi connectivity index (χ1v) is 3.87. The summed E-state index contributed by atoms with van der Waals surface area (Å²) in [5, 5.41) is -0.229. The molecule has 1 aromatic rings. The summed E-state index contributed by atoms with van der Waals surface area (Å²) in [6.07, 6.45) is 0. The van der Waals surface area contributed by atoms with Gasteiger partial charge >= 0.3 is 0 Å². The van der Waals surface area contributed by atoms with Crippen molar-refractivity contribution in [3.8, 4) is 0 Å². The Hall–Kier alpha value is -1.09. The van der Waals surface area contributed by atoms with Gasteiger partial charge in [-0.15, -0.1) is 0 Å². The van der Waals surface area contributed by atoms with Gasteiger partial charge in [-0.25, -0.2) is 4.39 Å². The van der Waals surface area contributed by atoms with Crippen LogP contribution < -0.4 is 4.90 Å². The molecule has 0 heterocycles. The Morgan fingerprint density at radius 1 is 1.69 bits per heavy atom. The van der Waals surface area contributed by atoms with Crippen LogP contribution in [0.3, 0.4) is 0 Å². The summed E-state index contributed by atoms with van der Waals surface area (Å²) in [4.78, 5) is 11.8. The molecule has 4 heteroatoms. The minimum absolute atomic E-state index is 0.0406. The monoisotopic (exact) mass is 204 g/mol. The highest BCUT2D eigenvalue weighted by atomic mass is 35.5. The van der Waals surface area contributed by atoms with Crippen LogP contribution in [0.2, 0.25) is 5.02 Å². The van der Waals surface area contributed by atoms with Gasteiger partial charge in [0.2, 0.25) is 5.91 Å². The SMILES string of the molecule is [2H]C([2H])([2H])N(C(C)=O)c1ccc(F)c(Cl)c1. The number of hydrogen-bond donors (Lipinski definition) is 0. The van der Waals surface area contributed by atoms with Crippen LogP contribution in [0.4, 0.5) is 10.1 Å². The molecule has 0 bridgehead atoms. The van der Waals surface area contributed by atoms with Gasteiger partial charge in [-0.3, -0.25) is 4.79 Å². The lowest BCUT2D eigenvalue weighted by molar-refractivity contribution is -0.116. The number of amides is 1. The van der Waals surface area contributed by atoms with Crippen molar-refractivity contribution in [3.63, 3.8) is 0 Å². The summed E-state index contributed by atoms with van der Waals surface area (Å²) < 4.78 is 34.4. The van der Waals surface area contributed by atoms with Gasteiger partial charge in [-0.1, -0.05) is 11.6 Å². The average molecular weight is 205 g/mol. The van der Waals surface area contributed by atoms with Gasteiger partial charge < -0.3 is 4.90 Å². The van der Waals surface area contributed by atoms with E-state index >= 15 is 0 Å². The van der Waals surface area contributed by atoms with E-state index in [1.165, 1.54) is 6.07 Å². The maximum atomic E-state index is 12.9. The van der Waals surface area contributed by atoms with E-state index in [1.54, 1.807) is 0 Å². The molecule has 0 saturated heterocycles. The first kappa shape index (κ1) is 6.38. The summed E-state index contributed by atoms with van der Waals surface area (Å²) in [7, 11) is 0. The van der Waals surface area contributed by atoms with Crippen LogP contribution in [0.15, 0.2) is 18.2 Å². The van der Waals surface area contributed by atoms with Crippen LogP contribution in [0.25, 0.3) is 0 Å². The van der Waals surface area contributed by atoms with Gasteiger partial charge in [0, 0.05) is 23.7 Å². The maximum absolute atomic E-state index is 12.9. The van der Waals surface area contributed by atoms with Crippen molar-refractivity contribution in [1.29, 1.82) is 0 Å². The lowest BCUT2D eigenvalue weighted by atomic mass is 10.3. The zero-order valence-electron chi connectivity index (χ0n) is 9.84. The Morgan fingerprint density at radius 2 is 2.38 bits per heavy atom. The fourth-order valence-electron chi connectivity index (χ4n) is 0.806. The topological polar surface area (TPSA) is 20.3 Å². The van der Waals surface area contributed by atoms with Gasteiger partial charge in [0.05, 0.1) is 5.02 Å². The molecule has 0 N–H and O–H groups in total. The lowest BCUT2D eigenvalue weighted by Gasteiger charge is -2.14. The van der Waals surface area contributed by atoms with E-state index in [4.69, 9.17) is 15.7 Å². The highest BCUT2D eigenvalue weighted by molar-refractivity contribution is 6.31. The van der Waals surface area contributed by atoms with Crippen LogP contribution in [0.1, 0.15) is 11.0 Å². The predicted molar refractivity (Wildman–Crippen MR) is 50.5 cm³/mol. The fourth-order valence-corrected chi connectivity index (χ4v) is 0.981. The van der Waals surface area contributed by atoms with Crippen molar-refractivity contribution >= 4 is 23.2 Å². The quantitative estimate of drug-likeness (QED) is 0.688. The Labute approximate surface area is 85.1 Å². The average Bonchev–Trinajstić information content (AvgIpc) is 2.08. The molecule has 13 heavy (non-hydrogen) atoms. The molecule has 2 nitrogen and oxygen atoms in total. The van der Waals surface area contributed by atoms with E-state index in [1.807, 2.05) is 0 Å². The number of nitrogens with zero attached hydrogens (tertiary/aromatic N) is 1. The second-order valence-corrected chi connectivity index (χ2v) is 2.86. The highest BCUT2D eigenvalue weighted by Crippen LogP contribution is 2.21. The second-order valence-electron chi connectivity index (χ2n) is 2.45. The zero-order chi connectivity index (χ0) is 12.5. The van der Waals surface area contributed by atoms with Gasteiger partial charge in [0.1, 0.15) is 5.82 Å². The molecule has 0 aliphatic carbocycles. The Morgan fingerprint density at radius 3 is 2.85 bits per heavy atom. The zero-order valence-corrected chi connectivity index (χ0v) is 7.60. The summed E-state index contributed by atoms with van der Waals surface area (Å²) in [6, 6.07) is 3.30. The van der Waals surface area contributed by atoms with Crippen LogP contribution in [-0.4, -0.2) is 12.9 Å². The van der Waals surface area contributed by atoms with Crippen LogP contribution in [-0.2, 0) is 4.79 Å². The molecule has 1 aromatic carbocycles. The molecule has 1 rings (SSSR count). The summed E-state index contributed by atoms with van der Waals surface area (Å²) in [6.45, 7) is -1.50. The van der Waals surface area contributed by atoms with Crippen molar-refractivity contribution in [1.82, 2.24) is 0 Å². The second kappa shape index (κ2) is 3.75. The molecule has 0 atom stereocenters. The standard InChI is InChI=1S/C9H9ClFNO/c1-6(13)12(2)7-3-4-9(11)8(10)5-7/h3-5H,1-2H3/i2D3. The van der Waals surface area contributed by atoms with E-state index in [0.29, 0.717) is 4.90 Å². The van der Waals surface area contributed by atoms with Crippen LogP contribution in [0, 0.1) is 5.82 Å². The summed E-state index contributed by atoms with van der Waals surface area (Å²) >= 11 is 5.52. The number of hydrogen-bond acceptors (Lipinski definition) is 1. The summed E-state index contributed by atoms with van der Waals surface area (Å²) in [5.41, 5.74) is 0.0406. The first-order chi connectivity index (χ1) is 7.23. The largest absolute Gasteiger partial charge is 0.316 e. The normalized spacial score (nSPS) is 14.2. The number of benzene rings is 1. The van der Waals surface area contributed by atoms with E-state index in [2.05, 4.69) is 0 Å². The molecular weight excluding hydrogens is 193 g/mol. The Kier molecular flexibility index (Phi) is 1.84. The molecule has 0 aliphatic heterocycles. The molecule has 0 radical (unpaired) electrons. The van der Waals surface area contributed by atoms with Gasteiger partial charge in [0.25, 0.3) is 0 Å². The molecule has 0 aliphatic rings. The summed E-state index contributed by atoms with van der Waals surface area (Å²) in [5.74, 6) is -1.33. The number of anilines is 1. The minimum atomic E-state index is -2.62. The predicted octanol–water partition coefficient (Wildman–Crippen LogP) is 2.46. The van der Waals surface area contributed by atoms with Crippen molar-refractivity contribution in [2.75, 3.05) is 11.9 Å². The number of carbonyl (C=O) groups is 1. The molecule has 1 amide bonds. The van der Waals surface area contributed by atoms with E-state index < -0.39 is 18.7 Å². The highest BCUT2D eigenvalue weighted by Gasteiger charge is 2.07. The van der Waals surface area contributed by atoms with Crippen molar-refractivity contribution in [2.24, 2.45) is 0 Å². The number of halogens is 2. The van der Waals surface area contributed by atoms with Gasteiger partial charge in [0.15, 0.2) is 0 Å². The molecule has 0 unspecified atom stereocenters. The Balaban J connectivity index is 3.22. The Bertz CT molecular complexity index is 422.